The Morgan fingerprint density at radius 1 is 1.00 bits per heavy atom. The standard InChI is InChI=1S/C18H18N4O/c1-23-16-4-2-15(3-5-16)17-12-18(22-13-21-17)20-11-8-14-6-9-19-10-7-14/h2-7,9-10,12-13H,8,11H2,1H3,(H,20,21,22). The predicted octanol–water partition coefficient (Wildman–Crippen LogP) is 3.20. The first-order valence-electron chi connectivity index (χ1n) is 7.44. The summed E-state index contributed by atoms with van der Waals surface area (Å²) >= 11 is 0. The highest BCUT2D eigenvalue weighted by Gasteiger charge is 2.02. The van der Waals surface area contributed by atoms with Crippen molar-refractivity contribution in [1.82, 2.24) is 15.0 Å². The average molecular weight is 306 g/mol. The lowest BCUT2D eigenvalue weighted by atomic mass is 10.1. The third-order valence-electron chi connectivity index (χ3n) is 3.52. The van der Waals surface area contributed by atoms with Crippen molar-refractivity contribution in [2.75, 3.05) is 19.0 Å². The molecule has 0 spiro atoms. The molecule has 3 aromatic rings. The van der Waals surface area contributed by atoms with Crippen LogP contribution in [0.4, 0.5) is 5.82 Å². The van der Waals surface area contributed by atoms with Crippen LogP contribution in [0.2, 0.25) is 0 Å². The van der Waals surface area contributed by atoms with Crippen LogP contribution in [0.15, 0.2) is 61.2 Å². The minimum atomic E-state index is 0.809. The van der Waals surface area contributed by atoms with Gasteiger partial charge >= 0.3 is 0 Å². The third-order valence-corrected chi connectivity index (χ3v) is 3.52. The van der Waals surface area contributed by atoms with Crippen molar-refractivity contribution in [1.29, 1.82) is 0 Å². The van der Waals surface area contributed by atoms with E-state index in [0.29, 0.717) is 0 Å². The van der Waals surface area contributed by atoms with Gasteiger partial charge in [-0.05, 0) is 48.4 Å². The van der Waals surface area contributed by atoms with Crippen molar-refractivity contribution in [3.8, 4) is 17.0 Å². The normalized spacial score (nSPS) is 10.3. The van der Waals surface area contributed by atoms with Crippen LogP contribution in [0, 0.1) is 0 Å². The number of benzene rings is 1. The van der Waals surface area contributed by atoms with Gasteiger partial charge in [0.1, 0.15) is 17.9 Å². The van der Waals surface area contributed by atoms with Crippen molar-refractivity contribution < 1.29 is 4.74 Å². The second kappa shape index (κ2) is 7.35. The molecular formula is C18H18N4O. The van der Waals surface area contributed by atoms with E-state index in [4.69, 9.17) is 4.74 Å². The number of rotatable bonds is 6. The van der Waals surface area contributed by atoms with Gasteiger partial charge < -0.3 is 10.1 Å². The van der Waals surface area contributed by atoms with Crippen LogP contribution in [0.25, 0.3) is 11.3 Å². The number of pyridine rings is 1. The zero-order valence-electron chi connectivity index (χ0n) is 12.9. The Bertz CT molecular complexity index is 744. The minimum absolute atomic E-state index is 0.809. The van der Waals surface area contributed by atoms with Crippen LogP contribution in [-0.2, 0) is 6.42 Å². The fraction of sp³-hybridized carbons (Fsp3) is 0.167. The van der Waals surface area contributed by atoms with Crippen LogP contribution in [0.3, 0.4) is 0 Å². The molecule has 2 heterocycles. The molecule has 116 valence electrons. The van der Waals surface area contributed by atoms with Gasteiger partial charge in [-0.1, -0.05) is 0 Å². The van der Waals surface area contributed by atoms with E-state index in [1.165, 1.54) is 5.56 Å². The summed E-state index contributed by atoms with van der Waals surface area (Å²) in [5, 5.41) is 3.33. The first-order chi connectivity index (χ1) is 11.3. The summed E-state index contributed by atoms with van der Waals surface area (Å²) in [6.45, 7) is 0.809. The summed E-state index contributed by atoms with van der Waals surface area (Å²) < 4.78 is 5.17. The maximum atomic E-state index is 5.17. The van der Waals surface area contributed by atoms with Gasteiger partial charge in [0.15, 0.2) is 0 Å². The molecule has 5 heteroatoms. The largest absolute Gasteiger partial charge is 0.497 e. The Morgan fingerprint density at radius 3 is 2.52 bits per heavy atom. The molecule has 0 saturated heterocycles. The van der Waals surface area contributed by atoms with Crippen LogP contribution in [0.1, 0.15) is 5.56 Å². The van der Waals surface area contributed by atoms with Gasteiger partial charge in [-0.25, -0.2) is 9.97 Å². The minimum Gasteiger partial charge on any atom is -0.497 e. The third kappa shape index (κ3) is 4.03. The van der Waals surface area contributed by atoms with Crippen LogP contribution >= 0.6 is 0 Å². The van der Waals surface area contributed by atoms with Crippen molar-refractivity contribution >= 4 is 5.82 Å². The Hall–Kier alpha value is -2.95. The lowest BCUT2D eigenvalue weighted by molar-refractivity contribution is 0.415. The first-order valence-corrected chi connectivity index (χ1v) is 7.44. The Balaban J connectivity index is 1.64. The van der Waals surface area contributed by atoms with Gasteiger partial charge in [-0.2, -0.15) is 0 Å². The zero-order chi connectivity index (χ0) is 15.9. The van der Waals surface area contributed by atoms with Crippen molar-refractivity contribution in [3.63, 3.8) is 0 Å². The molecule has 5 nitrogen and oxygen atoms in total. The highest BCUT2D eigenvalue weighted by molar-refractivity contribution is 5.62. The lowest BCUT2D eigenvalue weighted by Gasteiger charge is -2.07. The van der Waals surface area contributed by atoms with Gasteiger partial charge in [0.05, 0.1) is 12.8 Å². The highest BCUT2D eigenvalue weighted by Crippen LogP contribution is 2.21. The van der Waals surface area contributed by atoms with Crippen LogP contribution in [-0.4, -0.2) is 28.6 Å². The molecule has 0 atom stereocenters. The fourth-order valence-electron chi connectivity index (χ4n) is 2.26. The molecule has 3 rings (SSSR count). The van der Waals surface area contributed by atoms with E-state index < -0.39 is 0 Å². The summed E-state index contributed by atoms with van der Waals surface area (Å²) in [7, 11) is 1.66. The first kappa shape index (κ1) is 15.0. The molecule has 1 N–H and O–H groups in total. The maximum Gasteiger partial charge on any atom is 0.129 e. The van der Waals surface area contributed by atoms with Gasteiger partial charge in [-0.15, -0.1) is 0 Å². The van der Waals surface area contributed by atoms with E-state index >= 15 is 0 Å². The quantitative estimate of drug-likeness (QED) is 0.758. The topological polar surface area (TPSA) is 59.9 Å². The maximum absolute atomic E-state index is 5.17. The molecule has 23 heavy (non-hydrogen) atoms. The van der Waals surface area contributed by atoms with E-state index in [2.05, 4.69) is 20.3 Å². The van der Waals surface area contributed by atoms with Gasteiger partial charge in [0.25, 0.3) is 0 Å². The van der Waals surface area contributed by atoms with Gasteiger partial charge in [-0.3, -0.25) is 4.98 Å². The number of ether oxygens (including phenoxy) is 1. The van der Waals surface area contributed by atoms with E-state index in [9.17, 15) is 0 Å². The molecule has 0 saturated carbocycles. The number of nitrogens with one attached hydrogen (secondary N) is 1. The second-order valence-corrected chi connectivity index (χ2v) is 5.05. The number of nitrogens with zero attached hydrogens (tertiary/aromatic N) is 3. The van der Waals surface area contributed by atoms with Crippen molar-refractivity contribution in [2.24, 2.45) is 0 Å². The predicted molar refractivity (Wildman–Crippen MR) is 90.5 cm³/mol. The summed E-state index contributed by atoms with van der Waals surface area (Å²) in [6, 6.07) is 13.8. The summed E-state index contributed by atoms with van der Waals surface area (Å²) in [4.78, 5) is 12.6. The van der Waals surface area contributed by atoms with Crippen LogP contribution in [0.5, 0.6) is 5.75 Å². The average Bonchev–Trinajstić information content (AvgIpc) is 2.63. The zero-order valence-corrected chi connectivity index (χ0v) is 12.9. The molecule has 2 aromatic heterocycles. The molecule has 0 aliphatic carbocycles. The second-order valence-electron chi connectivity index (χ2n) is 5.05. The monoisotopic (exact) mass is 306 g/mol. The van der Waals surface area contributed by atoms with E-state index in [0.717, 1.165) is 35.8 Å². The van der Waals surface area contributed by atoms with Gasteiger partial charge in [0.2, 0.25) is 0 Å². The summed E-state index contributed by atoms with van der Waals surface area (Å²) in [5.74, 6) is 1.65. The van der Waals surface area contributed by atoms with E-state index in [-0.39, 0.29) is 0 Å². The van der Waals surface area contributed by atoms with Crippen LogP contribution < -0.4 is 10.1 Å². The molecule has 0 fully saturated rings. The highest BCUT2D eigenvalue weighted by atomic mass is 16.5. The smallest absolute Gasteiger partial charge is 0.129 e. The van der Waals surface area contributed by atoms with E-state index in [1.807, 2.05) is 54.9 Å². The Kier molecular flexibility index (Phi) is 4.79. The SMILES string of the molecule is COc1ccc(-c2cc(NCCc3ccncc3)ncn2)cc1. The van der Waals surface area contributed by atoms with Crippen molar-refractivity contribution in [2.45, 2.75) is 6.42 Å². The molecule has 0 unspecified atom stereocenters. The fourth-order valence-corrected chi connectivity index (χ4v) is 2.26. The number of methoxy groups -OCH3 is 1. The van der Waals surface area contributed by atoms with Crippen molar-refractivity contribution in [3.05, 3.63) is 66.7 Å². The number of hydrogen-bond acceptors (Lipinski definition) is 5. The number of hydrogen-bond donors (Lipinski definition) is 1. The molecule has 0 aliphatic rings. The molecule has 1 aromatic carbocycles. The number of anilines is 1. The van der Waals surface area contributed by atoms with E-state index in [1.54, 1.807) is 13.4 Å². The summed E-state index contributed by atoms with van der Waals surface area (Å²) in [6.07, 6.45) is 6.11. The Morgan fingerprint density at radius 2 is 1.78 bits per heavy atom. The Labute approximate surface area is 135 Å². The molecular weight excluding hydrogens is 288 g/mol. The molecule has 0 aliphatic heterocycles. The molecule has 0 amide bonds. The lowest BCUT2D eigenvalue weighted by Crippen LogP contribution is -2.06. The van der Waals surface area contributed by atoms with Gasteiger partial charge in [0, 0.05) is 30.6 Å². The molecule has 0 radical (unpaired) electrons. The molecule has 0 bridgehead atoms. The summed E-state index contributed by atoms with van der Waals surface area (Å²) in [5.41, 5.74) is 3.16. The number of aromatic nitrogens is 3.